The molecule has 112 valence electrons. The zero-order chi connectivity index (χ0) is 15.1. The van der Waals surface area contributed by atoms with Crippen LogP contribution in [0.5, 0.6) is 0 Å². The van der Waals surface area contributed by atoms with Crippen molar-refractivity contribution in [2.24, 2.45) is 0 Å². The number of carbonyl (C=O) groups is 1. The van der Waals surface area contributed by atoms with Crippen LogP contribution in [0.3, 0.4) is 0 Å². The number of hydrogen-bond donors (Lipinski definition) is 2. The van der Waals surface area contributed by atoms with Crippen LogP contribution in [0.15, 0.2) is 15.4 Å². The van der Waals surface area contributed by atoms with E-state index >= 15 is 0 Å². The van der Waals surface area contributed by atoms with Crippen molar-refractivity contribution in [3.63, 3.8) is 0 Å². The van der Waals surface area contributed by atoms with E-state index in [2.05, 4.69) is 0 Å². The summed E-state index contributed by atoms with van der Waals surface area (Å²) in [6, 6.07) is 1.03. The van der Waals surface area contributed by atoms with Gasteiger partial charge in [0, 0.05) is 19.2 Å². The Balaban J connectivity index is 2.29. The Bertz CT molecular complexity index is 620. The number of aliphatic hydroxyl groups is 1. The molecule has 0 radical (unpaired) electrons. The molecule has 0 amide bonds. The molecule has 0 aliphatic carbocycles. The summed E-state index contributed by atoms with van der Waals surface area (Å²) in [4.78, 5) is 10.7. The van der Waals surface area contributed by atoms with Gasteiger partial charge in [-0.1, -0.05) is 0 Å². The van der Waals surface area contributed by atoms with Crippen LogP contribution in [-0.4, -0.2) is 47.6 Å². The van der Waals surface area contributed by atoms with E-state index in [4.69, 9.17) is 9.52 Å². The summed E-state index contributed by atoms with van der Waals surface area (Å²) in [5.41, 5.74) is -0.857. The Morgan fingerprint density at radius 3 is 2.40 bits per heavy atom. The van der Waals surface area contributed by atoms with Crippen LogP contribution in [0.25, 0.3) is 0 Å². The normalized spacial score (nSPS) is 19.9. The Morgan fingerprint density at radius 2 is 1.95 bits per heavy atom. The van der Waals surface area contributed by atoms with E-state index in [0.717, 1.165) is 6.07 Å². The fourth-order valence-electron chi connectivity index (χ4n) is 2.17. The second kappa shape index (κ2) is 4.87. The van der Waals surface area contributed by atoms with E-state index < -0.39 is 27.4 Å². The Labute approximate surface area is 116 Å². The largest absolute Gasteiger partial charge is 0.475 e. The molecule has 1 saturated heterocycles. The lowest BCUT2D eigenvalue weighted by Crippen LogP contribution is -2.45. The van der Waals surface area contributed by atoms with Gasteiger partial charge in [0.15, 0.2) is 0 Å². The van der Waals surface area contributed by atoms with Gasteiger partial charge in [-0.05, 0) is 26.7 Å². The lowest BCUT2D eigenvalue weighted by molar-refractivity contribution is 0.0126. The standard InChI is InChI=1S/C12H17NO6S/c1-8-10(7-9(19-8)11(14)15)20(17,18)13-5-3-12(2,16)4-6-13/h7,16H,3-6H2,1-2H3,(H,14,15). The minimum Gasteiger partial charge on any atom is -0.475 e. The fourth-order valence-corrected chi connectivity index (χ4v) is 3.78. The highest BCUT2D eigenvalue weighted by Gasteiger charge is 2.36. The van der Waals surface area contributed by atoms with Gasteiger partial charge in [0.05, 0.1) is 5.60 Å². The topological polar surface area (TPSA) is 108 Å². The molecule has 1 aliphatic heterocycles. The van der Waals surface area contributed by atoms with Crippen molar-refractivity contribution >= 4 is 16.0 Å². The molecule has 2 heterocycles. The van der Waals surface area contributed by atoms with Gasteiger partial charge >= 0.3 is 5.97 Å². The number of carboxylic acid groups (broad SMARTS) is 1. The van der Waals surface area contributed by atoms with E-state index in [1.165, 1.54) is 11.2 Å². The highest BCUT2D eigenvalue weighted by molar-refractivity contribution is 7.89. The molecular formula is C12H17NO6S. The molecule has 7 nitrogen and oxygen atoms in total. The van der Waals surface area contributed by atoms with Crippen molar-refractivity contribution < 1.29 is 27.8 Å². The molecule has 0 unspecified atom stereocenters. The average Bonchev–Trinajstić information content (AvgIpc) is 2.71. The molecule has 0 saturated carbocycles. The van der Waals surface area contributed by atoms with Crippen molar-refractivity contribution in [2.45, 2.75) is 37.2 Å². The van der Waals surface area contributed by atoms with Gasteiger partial charge in [0.25, 0.3) is 0 Å². The summed E-state index contributed by atoms with van der Waals surface area (Å²) in [7, 11) is -3.79. The van der Waals surface area contributed by atoms with E-state index in [1.54, 1.807) is 6.92 Å². The third kappa shape index (κ3) is 2.72. The molecule has 1 aliphatic rings. The summed E-state index contributed by atoms with van der Waals surface area (Å²) in [6.07, 6.45) is 0.684. The van der Waals surface area contributed by atoms with Crippen molar-refractivity contribution in [2.75, 3.05) is 13.1 Å². The molecule has 0 aromatic carbocycles. The second-order valence-corrected chi connectivity index (χ2v) is 7.14. The average molecular weight is 303 g/mol. The molecule has 0 spiro atoms. The smallest absolute Gasteiger partial charge is 0.371 e. The van der Waals surface area contributed by atoms with Gasteiger partial charge in [-0.15, -0.1) is 0 Å². The number of nitrogens with zero attached hydrogens (tertiary/aromatic N) is 1. The lowest BCUT2D eigenvalue weighted by Gasteiger charge is -2.34. The maximum absolute atomic E-state index is 12.4. The molecule has 20 heavy (non-hydrogen) atoms. The molecule has 0 bridgehead atoms. The summed E-state index contributed by atoms with van der Waals surface area (Å²) in [5.74, 6) is -1.65. The van der Waals surface area contributed by atoms with Crippen LogP contribution in [0.1, 0.15) is 36.1 Å². The van der Waals surface area contributed by atoms with Crippen LogP contribution in [0, 0.1) is 6.92 Å². The van der Waals surface area contributed by atoms with Gasteiger partial charge in [0.2, 0.25) is 15.8 Å². The SMILES string of the molecule is Cc1oc(C(=O)O)cc1S(=O)(=O)N1CCC(C)(O)CC1. The molecule has 1 fully saturated rings. The van der Waals surface area contributed by atoms with E-state index in [9.17, 15) is 18.3 Å². The van der Waals surface area contributed by atoms with Crippen LogP contribution in [0.2, 0.25) is 0 Å². The second-order valence-electron chi connectivity index (χ2n) is 5.24. The Morgan fingerprint density at radius 1 is 1.40 bits per heavy atom. The minimum atomic E-state index is -3.79. The molecular weight excluding hydrogens is 286 g/mol. The maximum atomic E-state index is 12.4. The number of aromatic carboxylic acids is 1. The van der Waals surface area contributed by atoms with Gasteiger partial charge < -0.3 is 14.6 Å². The first-order valence-corrected chi connectivity index (χ1v) is 7.64. The number of carboxylic acids is 1. The zero-order valence-electron chi connectivity index (χ0n) is 11.3. The third-order valence-corrected chi connectivity index (χ3v) is 5.51. The van der Waals surface area contributed by atoms with Gasteiger partial charge in [-0.2, -0.15) is 4.31 Å². The summed E-state index contributed by atoms with van der Waals surface area (Å²) in [5, 5.41) is 18.7. The van der Waals surface area contributed by atoms with Gasteiger partial charge in [0.1, 0.15) is 10.7 Å². The quantitative estimate of drug-likeness (QED) is 0.856. The van der Waals surface area contributed by atoms with Crippen molar-refractivity contribution in [1.82, 2.24) is 4.31 Å². The first-order chi connectivity index (χ1) is 9.13. The molecule has 2 N–H and O–H groups in total. The highest BCUT2D eigenvalue weighted by Crippen LogP contribution is 2.29. The number of sulfonamides is 1. The predicted octanol–water partition coefficient (Wildman–Crippen LogP) is 0.822. The number of hydrogen-bond acceptors (Lipinski definition) is 5. The first kappa shape index (κ1) is 15.0. The number of piperidine rings is 1. The first-order valence-electron chi connectivity index (χ1n) is 6.20. The van der Waals surface area contributed by atoms with E-state index in [-0.39, 0.29) is 23.7 Å². The van der Waals surface area contributed by atoms with Crippen LogP contribution < -0.4 is 0 Å². The van der Waals surface area contributed by atoms with Gasteiger partial charge in [-0.25, -0.2) is 13.2 Å². The minimum absolute atomic E-state index is 0.0553. The lowest BCUT2D eigenvalue weighted by atomic mass is 9.95. The molecule has 1 aromatic rings. The Hall–Kier alpha value is -1.38. The zero-order valence-corrected chi connectivity index (χ0v) is 12.1. The van der Waals surface area contributed by atoms with Crippen LogP contribution >= 0.6 is 0 Å². The monoisotopic (exact) mass is 303 g/mol. The third-order valence-electron chi connectivity index (χ3n) is 3.50. The Kier molecular flexibility index (Phi) is 3.66. The number of furan rings is 1. The molecule has 0 atom stereocenters. The van der Waals surface area contributed by atoms with Gasteiger partial charge in [-0.3, -0.25) is 0 Å². The summed E-state index contributed by atoms with van der Waals surface area (Å²) < 4.78 is 31.1. The fraction of sp³-hybridized carbons (Fsp3) is 0.583. The van der Waals surface area contributed by atoms with E-state index in [0.29, 0.717) is 12.8 Å². The van der Waals surface area contributed by atoms with Crippen LogP contribution in [-0.2, 0) is 10.0 Å². The molecule has 2 rings (SSSR count). The predicted molar refractivity (Wildman–Crippen MR) is 69.0 cm³/mol. The highest BCUT2D eigenvalue weighted by atomic mass is 32.2. The molecule has 1 aromatic heterocycles. The van der Waals surface area contributed by atoms with E-state index in [1.807, 2.05) is 0 Å². The molecule has 8 heteroatoms. The summed E-state index contributed by atoms with van der Waals surface area (Å²) in [6.45, 7) is 3.48. The van der Waals surface area contributed by atoms with Crippen molar-refractivity contribution in [1.29, 1.82) is 0 Å². The summed E-state index contributed by atoms with van der Waals surface area (Å²) >= 11 is 0. The van der Waals surface area contributed by atoms with Crippen molar-refractivity contribution in [3.05, 3.63) is 17.6 Å². The number of rotatable bonds is 3. The number of aryl methyl sites for hydroxylation is 1. The van der Waals surface area contributed by atoms with Crippen LogP contribution in [0.4, 0.5) is 0 Å². The maximum Gasteiger partial charge on any atom is 0.371 e. The van der Waals surface area contributed by atoms with Crippen molar-refractivity contribution in [3.8, 4) is 0 Å².